The summed E-state index contributed by atoms with van der Waals surface area (Å²) in [5.74, 6) is 0.733. The van der Waals surface area contributed by atoms with Crippen LogP contribution >= 0.6 is 24.0 Å². The number of nitrogens with zero attached hydrogens (tertiary/aromatic N) is 2. The van der Waals surface area contributed by atoms with E-state index in [1.165, 1.54) is 18.0 Å². The fourth-order valence-electron chi connectivity index (χ4n) is 2.99. The van der Waals surface area contributed by atoms with Gasteiger partial charge in [0.25, 0.3) is 0 Å². The molecule has 1 heterocycles. The molecule has 0 spiro atoms. The Labute approximate surface area is 185 Å². The first-order valence-corrected chi connectivity index (χ1v) is 9.87. The number of para-hydroxylation sites is 1. The second kappa shape index (κ2) is 14.3. The number of aliphatic imine (C=N–C) groups is 1. The molecule has 0 aliphatic rings. The van der Waals surface area contributed by atoms with Crippen LogP contribution in [0.2, 0.25) is 0 Å². The molecule has 2 N–H and O–H groups in total. The molecule has 0 radical (unpaired) electrons. The van der Waals surface area contributed by atoms with Gasteiger partial charge in [0.15, 0.2) is 5.96 Å². The number of hydrogen-bond donors (Lipinski definition) is 2. The van der Waals surface area contributed by atoms with Gasteiger partial charge in [0.1, 0.15) is 0 Å². The summed E-state index contributed by atoms with van der Waals surface area (Å²) < 4.78 is 6.93. The van der Waals surface area contributed by atoms with Crippen LogP contribution in [-0.4, -0.2) is 43.2 Å². The normalized spacial score (nSPS) is 11.1. The van der Waals surface area contributed by atoms with Crippen molar-refractivity contribution < 1.29 is 9.53 Å². The average molecular weight is 500 g/mol. The third kappa shape index (κ3) is 8.50. The number of benzene rings is 1. The Kier molecular flexibility index (Phi) is 12.4. The summed E-state index contributed by atoms with van der Waals surface area (Å²) >= 11 is 0. The monoisotopic (exact) mass is 500 g/mol. The number of methoxy groups -OCH3 is 1. The number of rotatable bonds is 11. The Balaban J connectivity index is 0.00000392. The molecule has 0 amide bonds. The molecule has 156 valence electrons. The molecular formula is C21H33IN4O2. The number of carbonyl (C=O) groups is 1. The van der Waals surface area contributed by atoms with Gasteiger partial charge < -0.3 is 19.9 Å². The molecular weight excluding hydrogens is 467 g/mol. The summed E-state index contributed by atoms with van der Waals surface area (Å²) in [7, 11) is 1.43. The topological polar surface area (TPSA) is 67.7 Å². The number of aryl methyl sites for hydroxylation is 1. The smallest absolute Gasteiger partial charge is 0.305 e. The average Bonchev–Trinajstić information content (AvgIpc) is 3.10. The van der Waals surface area contributed by atoms with E-state index in [2.05, 4.69) is 68.4 Å². The third-order valence-corrected chi connectivity index (χ3v) is 4.43. The lowest BCUT2D eigenvalue weighted by Crippen LogP contribution is -2.37. The van der Waals surface area contributed by atoms with Gasteiger partial charge in [-0.3, -0.25) is 9.79 Å². The number of halogens is 1. The number of guanidine groups is 1. The lowest BCUT2D eigenvalue weighted by atomic mass is 10.2. The van der Waals surface area contributed by atoms with Gasteiger partial charge in [-0.15, -0.1) is 24.0 Å². The lowest BCUT2D eigenvalue weighted by molar-refractivity contribution is -0.140. The zero-order chi connectivity index (χ0) is 19.3. The number of carbonyl (C=O) groups excluding carboxylic acids is 1. The van der Waals surface area contributed by atoms with E-state index in [0.29, 0.717) is 6.42 Å². The SMILES string of the molecule is CCNC(=NCCCn1ccc2ccccc21)NCCCCCC(=O)OC.I. The number of aromatic nitrogens is 1. The van der Waals surface area contributed by atoms with Crippen LogP contribution < -0.4 is 10.6 Å². The van der Waals surface area contributed by atoms with Crippen LogP contribution in [0.3, 0.4) is 0 Å². The maximum absolute atomic E-state index is 11.1. The molecule has 0 aliphatic carbocycles. The van der Waals surface area contributed by atoms with E-state index >= 15 is 0 Å². The van der Waals surface area contributed by atoms with Crippen LogP contribution in [0.25, 0.3) is 10.9 Å². The van der Waals surface area contributed by atoms with Crippen molar-refractivity contribution in [1.29, 1.82) is 0 Å². The fourth-order valence-corrected chi connectivity index (χ4v) is 2.99. The van der Waals surface area contributed by atoms with E-state index in [0.717, 1.165) is 57.8 Å². The van der Waals surface area contributed by atoms with Gasteiger partial charge in [-0.05, 0) is 43.7 Å². The molecule has 0 fully saturated rings. The highest BCUT2D eigenvalue weighted by molar-refractivity contribution is 14.0. The van der Waals surface area contributed by atoms with Crippen molar-refractivity contribution >= 4 is 46.8 Å². The minimum Gasteiger partial charge on any atom is -0.469 e. The minimum atomic E-state index is -0.131. The molecule has 2 aromatic rings. The van der Waals surface area contributed by atoms with Crippen molar-refractivity contribution in [1.82, 2.24) is 15.2 Å². The largest absolute Gasteiger partial charge is 0.469 e. The van der Waals surface area contributed by atoms with Gasteiger partial charge in [0, 0.05) is 44.3 Å². The molecule has 1 aromatic carbocycles. The standard InChI is InChI=1S/C21H32N4O2.HI/c1-3-22-21(23-14-8-4-5-12-20(26)27-2)24-15-9-16-25-17-13-18-10-6-7-11-19(18)25;/h6-7,10-11,13,17H,3-5,8-9,12,14-16H2,1-2H3,(H2,22,23,24);1H. The van der Waals surface area contributed by atoms with E-state index < -0.39 is 0 Å². The molecule has 2 rings (SSSR count). The third-order valence-electron chi connectivity index (χ3n) is 4.43. The molecule has 0 saturated heterocycles. The molecule has 0 aliphatic heterocycles. The van der Waals surface area contributed by atoms with Gasteiger partial charge in [-0.2, -0.15) is 0 Å². The molecule has 6 nitrogen and oxygen atoms in total. The first-order valence-electron chi connectivity index (χ1n) is 9.87. The summed E-state index contributed by atoms with van der Waals surface area (Å²) in [5.41, 5.74) is 1.28. The summed E-state index contributed by atoms with van der Waals surface area (Å²) in [5, 5.41) is 7.92. The zero-order valence-corrected chi connectivity index (χ0v) is 19.3. The van der Waals surface area contributed by atoms with Crippen molar-refractivity contribution in [3.8, 4) is 0 Å². The van der Waals surface area contributed by atoms with E-state index in [4.69, 9.17) is 0 Å². The number of unbranched alkanes of at least 4 members (excludes halogenated alkanes) is 2. The lowest BCUT2D eigenvalue weighted by Gasteiger charge is -2.11. The van der Waals surface area contributed by atoms with Crippen LogP contribution in [0.1, 0.15) is 39.0 Å². The van der Waals surface area contributed by atoms with Gasteiger partial charge in [-0.1, -0.05) is 24.6 Å². The summed E-state index contributed by atoms with van der Waals surface area (Å²) in [6, 6.07) is 10.6. The van der Waals surface area contributed by atoms with Gasteiger partial charge >= 0.3 is 5.97 Å². The highest BCUT2D eigenvalue weighted by Gasteiger charge is 2.01. The number of fused-ring (bicyclic) bond motifs is 1. The maximum atomic E-state index is 11.1. The second-order valence-electron chi connectivity index (χ2n) is 6.50. The predicted octanol–water partition coefficient (Wildman–Crippen LogP) is 3.94. The van der Waals surface area contributed by atoms with E-state index in [9.17, 15) is 4.79 Å². The van der Waals surface area contributed by atoms with Gasteiger partial charge in [0.2, 0.25) is 0 Å². The van der Waals surface area contributed by atoms with Crippen LogP contribution in [0.5, 0.6) is 0 Å². The Hall–Kier alpha value is -1.77. The van der Waals surface area contributed by atoms with Crippen LogP contribution in [0.4, 0.5) is 0 Å². The first-order chi connectivity index (χ1) is 13.2. The van der Waals surface area contributed by atoms with Crippen molar-refractivity contribution in [3.05, 3.63) is 36.5 Å². The predicted molar refractivity (Wildman–Crippen MR) is 126 cm³/mol. The van der Waals surface area contributed by atoms with Gasteiger partial charge in [0.05, 0.1) is 7.11 Å². The molecule has 0 saturated carbocycles. The van der Waals surface area contributed by atoms with E-state index in [-0.39, 0.29) is 29.9 Å². The minimum absolute atomic E-state index is 0. The number of esters is 1. The van der Waals surface area contributed by atoms with Crippen LogP contribution in [0.15, 0.2) is 41.5 Å². The van der Waals surface area contributed by atoms with Gasteiger partial charge in [-0.25, -0.2) is 0 Å². The van der Waals surface area contributed by atoms with Crippen molar-refractivity contribution in [2.24, 2.45) is 4.99 Å². The number of nitrogens with one attached hydrogen (secondary N) is 2. The molecule has 0 unspecified atom stereocenters. The second-order valence-corrected chi connectivity index (χ2v) is 6.50. The van der Waals surface area contributed by atoms with Crippen molar-refractivity contribution in [2.45, 2.75) is 45.6 Å². The summed E-state index contributed by atoms with van der Waals surface area (Å²) in [4.78, 5) is 15.7. The zero-order valence-electron chi connectivity index (χ0n) is 16.9. The van der Waals surface area contributed by atoms with Crippen LogP contribution in [0, 0.1) is 0 Å². The van der Waals surface area contributed by atoms with E-state index in [1.807, 2.05) is 0 Å². The Morgan fingerprint density at radius 3 is 2.71 bits per heavy atom. The highest BCUT2D eigenvalue weighted by Crippen LogP contribution is 2.15. The molecule has 0 bridgehead atoms. The van der Waals surface area contributed by atoms with E-state index in [1.54, 1.807) is 0 Å². The maximum Gasteiger partial charge on any atom is 0.305 e. The first kappa shape index (κ1) is 24.3. The fraction of sp³-hybridized carbons (Fsp3) is 0.524. The van der Waals surface area contributed by atoms with Crippen LogP contribution in [-0.2, 0) is 16.1 Å². The highest BCUT2D eigenvalue weighted by atomic mass is 127. The van der Waals surface area contributed by atoms with Crippen molar-refractivity contribution in [3.63, 3.8) is 0 Å². The molecule has 7 heteroatoms. The quantitative estimate of drug-likeness (QED) is 0.161. The summed E-state index contributed by atoms with van der Waals surface area (Å²) in [6.07, 6.45) is 6.52. The van der Waals surface area contributed by atoms with Crippen molar-refractivity contribution in [2.75, 3.05) is 26.7 Å². The molecule has 0 atom stereocenters. The Morgan fingerprint density at radius 2 is 1.93 bits per heavy atom. The Morgan fingerprint density at radius 1 is 1.11 bits per heavy atom. The summed E-state index contributed by atoms with van der Waals surface area (Å²) in [6.45, 7) is 5.51. The Bertz CT molecular complexity index is 730. The molecule has 1 aromatic heterocycles. The number of hydrogen-bond acceptors (Lipinski definition) is 3. The number of ether oxygens (including phenoxy) is 1. The molecule has 28 heavy (non-hydrogen) atoms.